The highest BCUT2D eigenvalue weighted by Gasteiger charge is 2.24. The number of nitrogens with zero attached hydrogens (tertiary/aromatic N) is 5. The number of carbonyl (C=O) groups excluding carboxylic acids is 1. The van der Waals surface area contributed by atoms with Crippen LogP contribution in [0.2, 0.25) is 0 Å². The summed E-state index contributed by atoms with van der Waals surface area (Å²) in [4.78, 5) is 23.3. The Morgan fingerprint density at radius 2 is 1.81 bits per heavy atom. The second kappa shape index (κ2) is 9.58. The van der Waals surface area contributed by atoms with E-state index >= 15 is 0 Å². The summed E-state index contributed by atoms with van der Waals surface area (Å²) in [5.41, 5.74) is 3.63. The van der Waals surface area contributed by atoms with Crippen LogP contribution in [0.3, 0.4) is 0 Å². The molecular weight excluding hydrogens is 464 g/mol. The molecule has 0 unspecified atom stereocenters. The second-order valence-electron chi connectivity index (χ2n) is 8.75. The first-order valence-corrected chi connectivity index (χ1v) is 11.9. The molecule has 37 heavy (non-hydrogen) atoms. The molecule has 1 N–H and O–H groups in total. The maximum Gasteiger partial charge on any atom is 0.253 e. The van der Waals surface area contributed by atoms with Crippen LogP contribution in [-0.4, -0.2) is 30.2 Å². The number of furan rings is 1. The molecule has 6 rings (SSSR count). The zero-order valence-electron chi connectivity index (χ0n) is 20.2. The lowest BCUT2D eigenvalue weighted by atomic mass is 10.0. The number of aryl methyl sites for hydroxylation is 1. The summed E-state index contributed by atoms with van der Waals surface area (Å²) in [5, 5.41) is 8.42. The fourth-order valence-electron chi connectivity index (χ4n) is 4.46. The number of imidazole rings is 1. The molecule has 0 saturated heterocycles. The summed E-state index contributed by atoms with van der Waals surface area (Å²) in [6, 6.07) is 24.8. The van der Waals surface area contributed by atoms with Crippen molar-refractivity contribution >= 4 is 16.9 Å². The molecule has 4 aromatic heterocycles. The fourth-order valence-corrected chi connectivity index (χ4v) is 4.46. The number of aromatic nitrogens is 5. The molecule has 1 amide bonds. The first-order chi connectivity index (χ1) is 18.2. The van der Waals surface area contributed by atoms with Crippen molar-refractivity contribution in [2.75, 3.05) is 0 Å². The van der Waals surface area contributed by atoms with Gasteiger partial charge in [-0.3, -0.25) is 4.79 Å². The molecule has 8 nitrogen and oxygen atoms in total. The summed E-state index contributed by atoms with van der Waals surface area (Å²) in [7, 11) is 1.92. The monoisotopic (exact) mass is 488 g/mol. The van der Waals surface area contributed by atoms with Gasteiger partial charge in [-0.1, -0.05) is 60.7 Å². The SMILES string of the molecule is Cn1ccnc1[C@H](NC(=O)c1cc(-c2ccccc2)nc2c1cnn2Cc1ccco1)c1ccccc1. The Bertz CT molecular complexity index is 1650. The Hall–Kier alpha value is -4.98. The number of hydrogen-bond acceptors (Lipinski definition) is 5. The van der Waals surface area contributed by atoms with Crippen molar-refractivity contribution in [3.05, 3.63) is 126 Å². The summed E-state index contributed by atoms with van der Waals surface area (Å²) >= 11 is 0. The molecule has 2 aromatic carbocycles. The van der Waals surface area contributed by atoms with Crippen molar-refractivity contribution in [2.45, 2.75) is 12.6 Å². The van der Waals surface area contributed by atoms with Crippen molar-refractivity contribution in [1.82, 2.24) is 29.6 Å². The molecule has 4 heterocycles. The normalized spacial score (nSPS) is 12.0. The van der Waals surface area contributed by atoms with E-state index in [4.69, 9.17) is 9.40 Å². The maximum atomic E-state index is 13.9. The molecule has 0 spiro atoms. The minimum atomic E-state index is -0.435. The zero-order chi connectivity index (χ0) is 25.2. The number of carbonyl (C=O) groups is 1. The lowest BCUT2D eigenvalue weighted by Crippen LogP contribution is -2.31. The van der Waals surface area contributed by atoms with Crippen molar-refractivity contribution in [3.8, 4) is 11.3 Å². The number of amides is 1. The summed E-state index contributed by atoms with van der Waals surface area (Å²) in [5.74, 6) is 1.25. The van der Waals surface area contributed by atoms with Crippen LogP contribution in [0, 0.1) is 0 Å². The predicted octanol–water partition coefficient (Wildman–Crippen LogP) is 4.99. The summed E-state index contributed by atoms with van der Waals surface area (Å²) < 4.78 is 9.19. The number of nitrogens with one attached hydrogen (secondary N) is 1. The zero-order valence-corrected chi connectivity index (χ0v) is 20.2. The number of benzene rings is 2. The third kappa shape index (κ3) is 4.40. The minimum absolute atomic E-state index is 0.237. The molecule has 0 saturated carbocycles. The number of fused-ring (bicyclic) bond motifs is 1. The quantitative estimate of drug-likeness (QED) is 0.342. The van der Waals surface area contributed by atoms with Crippen LogP contribution in [0.15, 0.2) is 108 Å². The van der Waals surface area contributed by atoms with Gasteiger partial charge in [-0.2, -0.15) is 5.10 Å². The Labute approximate surface area is 213 Å². The van der Waals surface area contributed by atoms with Gasteiger partial charge in [0.05, 0.1) is 29.1 Å². The molecule has 0 bridgehead atoms. The minimum Gasteiger partial charge on any atom is -0.467 e. The van der Waals surface area contributed by atoms with Gasteiger partial charge in [-0.25, -0.2) is 14.6 Å². The van der Waals surface area contributed by atoms with Gasteiger partial charge in [0.2, 0.25) is 0 Å². The second-order valence-corrected chi connectivity index (χ2v) is 8.75. The van der Waals surface area contributed by atoms with Gasteiger partial charge >= 0.3 is 0 Å². The van der Waals surface area contributed by atoms with Crippen molar-refractivity contribution in [2.24, 2.45) is 7.05 Å². The Morgan fingerprint density at radius 1 is 1.03 bits per heavy atom. The van der Waals surface area contributed by atoms with Gasteiger partial charge < -0.3 is 14.3 Å². The van der Waals surface area contributed by atoms with Crippen LogP contribution < -0.4 is 5.32 Å². The topological polar surface area (TPSA) is 90.8 Å². The lowest BCUT2D eigenvalue weighted by Gasteiger charge is -2.19. The molecule has 0 aliphatic carbocycles. The average molecular weight is 489 g/mol. The van der Waals surface area contributed by atoms with Crippen LogP contribution in [0.1, 0.15) is 33.5 Å². The van der Waals surface area contributed by atoms with Crippen LogP contribution >= 0.6 is 0 Å². The largest absolute Gasteiger partial charge is 0.467 e. The van der Waals surface area contributed by atoms with Crippen molar-refractivity contribution < 1.29 is 9.21 Å². The molecule has 182 valence electrons. The average Bonchev–Trinajstić information content (AvgIpc) is 3.70. The van der Waals surface area contributed by atoms with E-state index in [9.17, 15) is 4.79 Å². The highest BCUT2D eigenvalue weighted by molar-refractivity contribution is 6.06. The lowest BCUT2D eigenvalue weighted by molar-refractivity contribution is 0.0943. The van der Waals surface area contributed by atoms with Crippen LogP contribution in [-0.2, 0) is 13.6 Å². The summed E-state index contributed by atoms with van der Waals surface area (Å²) in [6.45, 7) is 0.405. The van der Waals surface area contributed by atoms with Crippen LogP contribution in [0.5, 0.6) is 0 Å². The smallest absolute Gasteiger partial charge is 0.253 e. The maximum absolute atomic E-state index is 13.9. The number of hydrogen-bond donors (Lipinski definition) is 1. The molecule has 8 heteroatoms. The number of rotatable bonds is 7. The number of pyridine rings is 1. The third-order valence-corrected chi connectivity index (χ3v) is 6.33. The Kier molecular flexibility index (Phi) is 5.82. The van der Waals surface area contributed by atoms with Gasteiger partial charge in [-0.15, -0.1) is 0 Å². The third-order valence-electron chi connectivity index (χ3n) is 6.33. The van der Waals surface area contributed by atoms with Crippen LogP contribution in [0.4, 0.5) is 0 Å². The predicted molar refractivity (Wildman–Crippen MR) is 140 cm³/mol. The Balaban J connectivity index is 1.45. The van der Waals surface area contributed by atoms with Gasteiger partial charge in [0, 0.05) is 25.0 Å². The fraction of sp³-hybridized carbons (Fsp3) is 0.103. The molecule has 0 radical (unpaired) electrons. The van der Waals surface area contributed by atoms with Gasteiger partial charge in [0.15, 0.2) is 5.65 Å². The van der Waals surface area contributed by atoms with E-state index in [1.165, 1.54) is 0 Å². The molecule has 1 atom stereocenters. The molecule has 0 fully saturated rings. The van der Waals surface area contributed by atoms with Gasteiger partial charge in [0.1, 0.15) is 24.2 Å². The van der Waals surface area contributed by atoms with E-state index in [-0.39, 0.29) is 5.91 Å². The molecular formula is C29H24N6O2. The van der Waals surface area contributed by atoms with E-state index in [1.54, 1.807) is 23.3 Å². The standard InChI is InChI=1S/C29H24N6O2/c1-34-15-14-30-28(34)26(21-11-6-3-7-12-21)33-29(36)23-17-25(20-9-4-2-5-10-20)32-27-24(23)18-31-35(27)19-22-13-8-16-37-22/h2-18,26H,19H2,1H3,(H,33,36)/t26-/m1/s1. The van der Waals surface area contributed by atoms with E-state index in [0.717, 1.165) is 22.7 Å². The Morgan fingerprint density at radius 3 is 2.51 bits per heavy atom. The molecule has 0 aliphatic heterocycles. The van der Waals surface area contributed by atoms with E-state index in [0.29, 0.717) is 28.8 Å². The highest BCUT2D eigenvalue weighted by atomic mass is 16.3. The summed E-state index contributed by atoms with van der Waals surface area (Å²) in [6.07, 6.45) is 6.92. The highest BCUT2D eigenvalue weighted by Crippen LogP contribution is 2.27. The molecule has 0 aliphatic rings. The van der Waals surface area contributed by atoms with E-state index in [2.05, 4.69) is 15.4 Å². The van der Waals surface area contributed by atoms with Crippen molar-refractivity contribution in [3.63, 3.8) is 0 Å². The van der Waals surface area contributed by atoms with Gasteiger partial charge in [-0.05, 0) is 23.8 Å². The first kappa shape index (κ1) is 22.5. The van der Waals surface area contributed by atoms with E-state index < -0.39 is 6.04 Å². The first-order valence-electron chi connectivity index (χ1n) is 11.9. The van der Waals surface area contributed by atoms with Gasteiger partial charge in [0.25, 0.3) is 5.91 Å². The van der Waals surface area contributed by atoms with E-state index in [1.807, 2.05) is 96.7 Å². The van der Waals surface area contributed by atoms with Crippen LogP contribution in [0.25, 0.3) is 22.3 Å². The van der Waals surface area contributed by atoms with Crippen molar-refractivity contribution in [1.29, 1.82) is 0 Å². The molecule has 6 aromatic rings.